The van der Waals surface area contributed by atoms with Crippen LogP contribution < -0.4 is 9.64 Å². The van der Waals surface area contributed by atoms with Crippen LogP contribution in [0.1, 0.15) is 23.5 Å². The van der Waals surface area contributed by atoms with Gasteiger partial charge in [-0.1, -0.05) is 41.4 Å². The summed E-state index contributed by atoms with van der Waals surface area (Å²) in [4.78, 5) is 25.5. The number of halogens is 2. The Morgan fingerprint density at radius 2 is 1.76 bits per heavy atom. The minimum Gasteiger partial charge on any atom is -0.493 e. The topological polar surface area (TPSA) is 64.6 Å². The molecule has 0 aliphatic carbocycles. The molecule has 1 saturated heterocycles. The number of carbonyl (C=O) groups excluding carboxylic acids is 1. The highest BCUT2D eigenvalue weighted by molar-refractivity contribution is 6.35. The average molecular weight is 534 g/mol. The van der Waals surface area contributed by atoms with Crippen LogP contribution in [-0.2, 0) is 16.0 Å². The summed E-state index contributed by atoms with van der Waals surface area (Å²) in [6.45, 7) is 3.21. The van der Waals surface area contributed by atoms with Gasteiger partial charge in [-0.2, -0.15) is 0 Å². The van der Waals surface area contributed by atoms with Gasteiger partial charge < -0.3 is 14.4 Å². The number of benzene rings is 2. The maximum Gasteiger partial charge on any atom is 0.145 e. The number of ether oxygens (including phenoxy) is 2. The molecular weight excluding hydrogens is 509 g/mol. The smallest absolute Gasteiger partial charge is 0.145 e. The minimum absolute atomic E-state index is 0.157. The highest BCUT2D eigenvalue weighted by Crippen LogP contribution is 2.38. The van der Waals surface area contributed by atoms with Crippen molar-refractivity contribution in [2.45, 2.75) is 18.8 Å². The van der Waals surface area contributed by atoms with Gasteiger partial charge in [0.05, 0.1) is 31.0 Å². The van der Waals surface area contributed by atoms with E-state index in [4.69, 9.17) is 42.6 Å². The van der Waals surface area contributed by atoms with Gasteiger partial charge >= 0.3 is 0 Å². The highest BCUT2D eigenvalue weighted by Gasteiger charge is 2.29. The van der Waals surface area contributed by atoms with Crippen molar-refractivity contribution < 1.29 is 14.3 Å². The molecule has 6 nitrogen and oxygen atoms in total. The lowest BCUT2D eigenvalue weighted by Gasteiger charge is -2.31. The van der Waals surface area contributed by atoms with Crippen molar-refractivity contribution in [1.82, 2.24) is 9.97 Å². The Morgan fingerprint density at radius 3 is 2.57 bits per heavy atom. The number of hydrogen-bond acceptors (Lipinski definition) is 6. The molecule has 2 aromatic heterocycles. The second-order valence-corrected chi connectivity index (χ2v) is 10.2. The largest absolute Gasteiger partial charge is 0.493 e. The van der Waals surface area contributed by atoms with E-state index in [2.05, 4.69) is 4.90 Å². The molecule has 0 spiro atoms. The van der Waals surface area contributed by atoms with E-state index in [1.165, 1.54) is 0 Å². The van der Waals surface area contributed by atoms with E-state index >= 15 is 0 Å². The molecule has 2 aromatic carbocycles. The second-order valence-electron chi connectivity index (χ2n) is 9.32. The molecule has 1 fully saturated rings. The maximum absolute atomic E-state index is 13.7. The van der Waals surface area contributed by atoms with Gasteiger partial charge in [0.2, 0.25) is 0 Å². The minimum atomic E-state index is -0.203. The molecule has 6 rings (SSSR count). The van der Waals surface area contributed by atoms with Gasteiger partial charge in [0.25, 0.3) is 0 Å². The third-order valence-corrected chi connectivity index (χ3v) is 7.45. The number of para-hydroxylation sites is 1. The van der Waals surface area contributed by atoms with Gasteiger partial charge in [-0.05, 0) is 42.3 Å². The predicted octanol–water partition coefficient (Wildman–Crippen LogP) is 6.12. The van der Waals surface area contributed by atoms with E-state index in [9.17, 15) is 4.79 Å². The molecule has 0 radical (unpaired) electrons. The summed E-state index contributed by atoms with van der Waals surface area (Å²) in [7, 11) is 0. The van der Waals surface area contributed by atoms with Gasteiger partial charge in [-0.15, -0.1) is 0 Å². The molecule has 1 atom stereocenters. The summed E-state index contributed by atoms with van der Waals surface area (Å²) >= 11 is 12.6. The zero-order chi connectivity index (χ0) is 25.4. The number of pyridine rings is 2. The molecule has 0 bridgehead atoms. The lowest BCUT2D eigenvalue weighted by molar-refractivity contribution is -0.120. The van der Waals surface area contributed by atoms with Crippen molar-refractivity contribution in [3.63, 3.8) is 0 Å². The maximum atomic E-state index is 13.7. The Kier molecular flexibility index (Phi) is 6.72. The number of morpholine rings is 1. The van der Waals surface area contributed by atoms with E-state index in [0.29, 0.717) is 36.3 Å². The quantitative estimate of drug-likeness (QED) is 0.308. The van der Waals surface area contributed by atoms with Crippen LogP contribution in [0.15, 0.2) is 60.9 Å². The number of aromatic nitrogens is 2. The molecule has 2 aliphatic heterocycles. The second kappa shape index (κ2) is 10.3. The molecule has 8 heteroatoms. The molecule has 37 heavy (non-hydrogen) atoms. The molecular formula is C29H25Cl2N3O3. The lowest BCUT2D eigenvalue weighted by atomic mass is 9.86. The molecule has 0 N–H and O–H groups in total. The predicted molar refractivity (Wildman–Crippen MR) is 146 cm³/mol. The molecule has 188 valence electrons. The fraction of sp³-hybridized carbons (Fsp3) is 0.276. The molecule has 4 heterocycles. The van der Waals surface area contributed by atoms with Crippen LogP contribution in [-0.4, -0.2) is 48.7 Å². The molecule has 2 aliphatic rings. The first-order chi connectivity index (χ1) is 18.1. The summed E-state index contributed by atoms with van der Waals surface area (Å²) in [5.74, 6) is 0.749. The van der Waals surface area contributed by atoms with E-state index < -0.39 is 0 Å². The van der Waals surface area contributed by atoms with E-state index in [1.807, 2.05) is 48.7 Å². The van der Waals surface area contributed by atoms with Crippen LogP contribution in [0.5, 0.6) is 5.75 Å². The number of ketones is 1. The third kappa shape index (κ3) is 4.77. The van der Waals surface area contributed by atoms with Gasteiger partial charge in [0.1, 0.15) is 17.0 Å². The van der Waals surface area contributed by atoms with Crippen LogP contribution in [0.2, 0.25) is 10.0 Å². The van der Waals surface area contributed by atoms with Crippen LogP contribution in [0.4, 0.5) is 5.69 Å². The fourth-order valence-corrected chi connectivity index (χ4v) is 5.84. The standard InChI is InChI=1S/C29H25Cl2N3O3/c30-20-13-18(14-21(31)16-20)22-5-7-32-28-27(22)33-17-19(29(28)34-8-11-36-12-9-34)15-25(35)23-6-10-37-26-4-2-1-3-24(23)26/h1-5,7,13-14,16-17,23H,6,8-12,15H2/t23-/m0/s1. The first kappa shape index (κ1) is 24.2. The Labute approximate surface area is 225 Å². The SMILES string of the molecule is O=C(Cc1cnc2c(-c3cc(Cl)cc(Cl)c3)ccnc2c1N1CCOCC1)[C@H]1CCOc2ccccc21. The van der Waals surface area contributed by atoms with Crippen molar-refractivity contribution in [3.8, 4) is 16.9 Å². The monoisotopic (exact) mass is 533 g/mol. The van der Waals surface area contributed by atoms with Crippen molar-refractivity contribution in [1.29, 1.82) is 0 Å². The fourth-order valence-electron chi connectivity index (χ4n) is 5.31. The van der Waals surface area contributed by atoms with Gasteiger partial charge in [-0.3, -0.25) is 14.8 Å². The van der Waals surface area contributed by atoms with Crippen molar-refractivity contribution in [3.05, 3.63) is 82.1 Å². The summed E-state index contributed by atoms with van der Waals surface area (Å²) in [5, 5.41) is 1.11. The number of nitrogens with zero attached hydrogens (tertiary/aromatic N) is 3. The van der Waals surface area contributed by atoms with Gasteiger partial charge in [0, 0.05) is 64.6 Å². The van der Waals surface area contributed by atoms with Gasteiger partial charge in [-0.25, -0.2) is 0 Å². The highest BCUT2D eigenvalue weighted by atomic mass is 35.5. The zero-order valence-corrected chi connectivity index (χ0v) is 21.6. The summed E-state index contributed by atoms with van der Waals surface area (Å²) < 4.78 is 11.4. The number of rotatable bonds is 5. The van der Waals surface area contributed by atoms with E-state index in [-0.39, 0.29) is 18.1 Å². The number of anilines is 1. The van der Waals surface area contributed by atoms with E-state index in [1.54, 1.807) is 12.3 Å². The summed E-state index contributed by atoms with van der Waals surface area (Å²) in [5.41, 5.74) is 6.03. The van der Waals surface area contributed by atoms with Crippen LogP contribution in [0, 0.1) is 0 Å². The zero-order valence-electron chi connectivity index (χ0n) is 20.1. The van der Waals surface area contributed by atoms with Crippen molar-refractivity contribution in [2.75, 3.05) is 37.8 Å². The first-order valence-electron chi connectivity index (χ1n) is 12.4. The Hall–Kier alpha value is -3.19. The molecule has 0 amide bonds. The Bertz CT molecular complexity index is 1470. The summed E-state index contributed by atoms with van der Waals surface area (Å²) in [6.07, 6.45) is 4.54. The van der Waals surface area contributed by atoms with Crippen LogP contribution >= 0.6 is 23.2 Å². The molecule has 0 saturated carbocycles. The van der Waals surface area contributed by atoms with Crippen molar-refractivity contribution >= 4 is 45.7 Å². The number of Topliss-reactive ketones (excluding diaryl/α,β-unsaturated/α-hetero) is 1. The van der Waals surface area contributed by atoms with Crippen molar-refractivity contribution in [2.24, 2.45) is 0 Å². The average Bonchev–Trinajstić information content (AvgIpc) is 2.92. The molecule has 4 aromatic rings. The van der Waals surface area contributed by atoms with Crippen LogP contribution in [0.25, 0.3) is 22.2 Å². The van der Waals surface area contributed by atoms with E-state index in [0.717, 1.165) is 57.8 Å². The Morgan fingerprint density at radius 1 is 0.973 bits per heavy atom. The normalized spacial score (nSPS) is 17.4. The number of fused-ring (bicyclic) bond motifs is 2. The van der Waals surface area contributed by atoms with Gasteiger partial charge in [0.15, 0.2) is 0 Å². The summed E-state index contributed by atoms with van der Waals surface area (Å²) in [6, 6.07) is 15.2. The first-order valence-corrected chi connectivity index (χ1v) is 13.1. The number of hydrogen-bond donors (Lipinski definition) is 0. The third-order valence-electron chi connectivity index (χ3n) is 7.01. The lowest BCUT2D eigenvalue weighted by Crippen LogP contribution is -2.37. The number of carbonyl (C=O) groups is 1. The van der Waals surface area contributed by atoms with Crippen LogP contribution in [0.3, 0.4) is 0 Å². The Balaban J connectivity index is 1.44. The molecule has 0 unspecified atom stereocenters.